The maximum absolute atomic E-state index is 12.4. The van der Waals surface area contributed by atoms with Crippen molar-refractivity contribution >= 4 is 38.2 Å². The first-order valence-electron chi connectivity index (χ1n) is 11.3. The molecular weight excluding hydrogens is 500 g/mol. The van der Waals surface area contributed by atoms with Crippen LogP contribution in [0.4, 0.5) is 5.69 Å². The van der Waals surface area contributed by atoms with Crippen molar-refractivity contribution in [3.05, 3.63) is 87.4 Å². The van der Waals surface area contributed by atoms with E-state index in [0.29, 0.717) is 35.9 Å². The molecule has 2 aromatic heterocycles. The van der Waals surface area contributed by atoms with Gasteiger partial charge in [0.15, 0.2) is 5.75 Å². The molecule has 0 unspecified atom stereocenters. The zero-order valence-electron chi connectivity index (χ0n) is 19.9. The Labute approximate surface area is 214 Å². The minimum Gasteiger partial charge on any atom is -0.491 e. The molecule has 0 radical (unpaired) electrons. The molecule has 0 spiro atoms. The predicted octanol–water partition coefficient (Wildman–Crippen LogP) is 4.72. The van der Waals surface area contributed by atoms with Crippen LogP contribution in [0.2, 0.25) is 5.02 Å². The highest BCUT2D eigenvalue weighted by atomic mass is 35.5. The summed E-state index contributed by atoms with van der Waals surface area (Å²) in [5.41, 5.74) is 3.10. The number of pyridine rings is 1. The summed E-state index contributed by atoms with van der Waals surface area (Å²) in [7, 11) is -3.44. The summed E-state index contributed by atoms with van der Waals surface area (Å²) in [5.74, 6) is 0.402. The molecule has 1 N–H and O–H groups in total. The molecule has 0 aliphatic heterocycles. The molecule has 2 heterocycles. The molecule has 0 saturated carbocycles. The van der Waals surface area contributed by atoms with E-state index in [1.807, 2.05) is 35.9 Å². The van der Waals surface area contributed by atoms with Crippen molar-refractivity contribution in [2.24, 2.45) is 0 Å². The van der Waals surface area contributed by atoms with Crippen LogP contribution in [0.25, 0.3) is 16.6 Å². The Hall–Kier alpha value is -3.74. The first-order valence-corrected chi connectivity index (χ1v) is 13.6. The zero-order valence-corrected chi connectivity index (χ0v) is 21.4. The normalized spacial score (nSPS) is 11.4. The third-order valence-corrected chi connectivity index (χ3v) is 6.46. The summed E-state index contributed by atoms with van der Waals surface area (Å²) in [6.45, 7) is 2.92. The number of sulfonamides is 1. The Balaban J connectivity index is 1.55. The van der Waals surface area contributed by atoms with E-state index in [4.69, 9.17) is 16.3 Å². The van der Waals surface area contributed by atoms with Gasteiger partial charge in [-0.3, -0.25) is 9.52 Å². The van der Waals surface area contributed by atoms with Gasteiger partial charge in [-0.25, -0.2) is 8.42 Å². The fourth-order valence-corrected chi connectivity index (χ4v) is 4.77. The van der Waals surface area contributed by atoms with Crippen molar-refractivity contribution < 1.29 is 13.2 Å². The van der Waals surface area contributed by atoms with Gasteiger partial charge in [-0.2, -0.15) is 5.26 Å². The summed E-state index contributed by atoms with van der Waals surface area (Å²) >= 11 is 6.44. The summed E-state index contributed by atoms with van der Waals surface area (Å²) in [6, 6.07) is 16.6. The predicted molar refractivity (Wildman–Crippen MR) is 142 cm³/mol. The molecule has 36 heavy (non-hydrogen) atoms. The van der Waals surface area contributed by atoms with Crippen LogP contribution < -0.4 is 15.0 Å². The highest BCUT2D eigenvalue weighted by molar-refractivity contribution is 7.92. The Morgan fingerprint density at radius 1 is 1.11 bits per heavy atom. The molecule has 8 nitrogen and oxygen atoms in total. The van der Waals surface area contributed by atoms with E-state index >= 15 is 0 Å². The van der Waals surface area contributed by atoms with Crippen LogP contribution in [-0.4, -0.2) is 30.4 Å². The first kappa shape index (κ1) is 25.4. The third-order valence-electron chi connectivity index (χ3n) is 5.57. The van der Waals surface area contributed by atoms with Crippen LogP contribution in [0.5, 0.6) is 5.75 Å². The Bertz CT molecular complexity index is 1630. The Morgan fingerprint density at radius 2 is 1.92 bits per heavy atom. The molecule has 186 valence electrons. The second kappa shape index (κ2) is 10.5. The maximum Gasteiger partial charge on any atom is 0.252 e. The van der Waals surface area contributed by atoms with Gasteiger partial charge in [-0.05, 0) is 54.8 Å². The summed E-state index contributed by atoms with van der Waals surface area (Å²) in [6.07, 6.45) is 5.97. The quantitative estimate of drug-likeness (QED) is 0.341. The number of nitriles is 1. The van der Waals surface area contributed by atoms with Gasteiger partial charge in [0.25, 0.3) is 5.56 Å². The van der Waals surface area contributed by atoms with Gasteiger partial charge in [0.05, 0.1) is 34.7 Å². The number of ether oxygens (including phenoxy) is 1. The lowest BCUT2D eigenvalue weighted by molar-refractivity contribution is 0.316. The second-order valence-corrected chi connectivity index (χ2v) is 10.6. The van der Waals surface area contributed by atoms with Gasteiger partial charge in [0, 0.05) is 36.1 Å². The average molecular weight is 525 g/mol. The van der Waals surface area contributed by atoms with E-state index in [-0.39, 0.29) is 11.2 Å². The van der Waals surface area contributed by atoms with Gasteiger partial charge in [0.1, 0.15) is 6.07 Å². The molecule has 4 rings (SSSR count). The van der Waals surface area contributed by atoms with Crippen molar-refractivity contribution in [1.29, 1.82) is 5.26 Å². The second-order valence-electron chi connectivity index (χ2n) is 8.41. The summed E-state index contributed by atoms with van der Waals surface area (Å²) in [4.78, 5) is 12.4. The average Bonchev–Trinajstić information content (AvgIpc) is 3.24. The van der Waals surface area contributed by atoms with Crippen molar-refractivity contribution in [1.82, 2.24) is 9.13 Å². The van der Waals surface area contributed by atoms with Gasteiger partial charge >= 0.3 is 0 Å². The number of aromatic nitrogens is 2. The van der Waals surface area contributed by atoms with Crippen LogP contribution in [0.1, 0.15) is 24.5 Å². The van der Waals surface area contributed by atoms with Crippen LogP contribution in [-0.2, 0) is 23.0 Å². The fourth-order valence-electron chi connectivity index (χ4n) is 3.94. The smallest absolute Gasteiger partial charge is 0.252 e. The minimum absolute atomic E-state index is 0.242. The standard InChI is InChI=1S/C26H25ClN4O4S/c1-3-12-35-26-20(17-28)14-22(16-23(26)27)31-11-7-19-13-18(4-5-24(19)31)6-9-30-10-8-21(15-25(30)32)29-36(2,33)34/h4-5,7-8,10-11,13-16,29H,3,6,9,12H2,1-2H3. The third kappa shape index (κ3) is 5.73. The number of fused-ring (bicyclic) bond motifs is 1. The maximum atomic E-state index is 12.4. The topological polar surface area (TPSA) is 106 Å². The van der Waals surface area contributed by atoms with Gasteiger partial charge in [-0.1, -0.05) is 24.6 Å². The van der Waals surface area contributed by atoms with Crippen LogP contribution in [0.3, 0.4) is 0 Å². The molecule has 0 bridgehead atoms. The molecule has 0 amide bonds. The molecule has 10 heteroatoms. The SMILES string of the molecule is CCCOc1c(Cl)cc(-n2ccc3cc(CCn4ccc(NS(C)(=O)=O)cc4=O)ccc32)cc1C#N. The summed E-state index contributed by atoms with van der Waals surface area (Å²) in [5, 5.41) is 11.0. The lowest BCUT2D eigenvalue weighted by atomic mass is 10.1. The Kier molecular flexibility index (Phi) is 7.38. The molecular formula is C26H25ClN4O4S. The number of hydrogen-bond donors (Lipinski definition) is 1. The number of nitrogens with zero attached hydrogens (tertiary/aromatic N) is 3. The number of halogens is 1. The van der Waals surface area contributed by atoms with Crippen LogP contribution in [0, 0.1) is 11.3 Å². The van der Waals surface area contributed by atoms with Gasteiger partial charge in [-0.15, -0.1) is 0 Å². The fraction of sp³-hybridized carbons (Fsp3) is 0.231. The molecule has 0 fully saturated rings. The molecule has 0 aliphatic rings. The zero-order chi connectivity index (χ0) is 25.9. The van der Waals surface area contributed by atoms with Crippen molar-refractivity contribution in [3.8, 4) is 17.5 Å². The van der Waals surface area contributed by atoms with E-state index in [9.17, 15) is 18.5 Å². The van der Waals surface area contributed by atoms with E-state index in [1.54, 1.807) is 24.4 Å². The van der Waals surface area contributed by atoms with Crippen LogP contribution >= 0.6 is 11.6 Å². The number of benzene rings is 2. The molecule has 4 aromatic rings. The van der Waals surface area contributed by atoms with Gasteiger partial charge in [0.2, 0.25) is 10.0 Å². The molecule has 0 atom stereocenters. The highest BCUT2D eigenvalue weighted by Gasteiger charge is 2.14. The lowest BCUT2D eigenvalue weighted by Crippen LogP contribution is -2.21. The summed E-state index contributed by atoms with van der Waals surface area (Å²) < 4.78 is 34.2. The van der Waals surface area contributed by atoms with Crippen molar-refractivity contribution in [2.45, 2.75) is 26.3 Å². The van der Waals surface area contributed by atoms with E-state index in [1.165, 1.54) is 10.6 Å². The monoisotopic (exact) mass is 524 g/mol. The Morgan fingerprint density at radius 3 is 2.61 bits per heavy atom. The molecule has 0 saturated heterocycles. The number of rotatable bonds is 9. The largest absolute Gasteiger partial charge is 0.491 e. The van der Waals surface area contributed by atoms with E-state index in [0.717, 1.165) is 34.8 Å². The van der Waals surface area contributed by atoms with E-state index in [2.05, 4.69) is 16.9 Å². The lowest BCUT2D eigenvalue weighted by Gasteiger charge is -2.13. The number of aryl methyl sites for hydroxylation is 2. The number of nitrogens with one attached hydrogen (secondary N) is 1. The first-order chi connectivity index (χ1) is 17.2. The number of anilines is 1. The van der Waals surface area contributed by atoms with Crippen molar-refractivity contribution in [2.75, 3.05) is 17.6 Å². The van der Waals surface area contributed by atoms with Crippen LogP contribution in [0.15, 0.2) is 65.7 Å². The van der Waals surface area contributed by atoms with E-state index < -0.39 is 10.0 Å². The minimum atomic E-state index is -3.44. The molecule has 0 aliphatic carbocycles. The van der Waals surface area contributed by atoms with Crippen molar-refractivity contribution in [3.63, 3.8) is 0 Å². The number of hydrogen-bond acceptors (Lipinski definition) is 5. The molecule has 2 aromatic carbocycles. The highest BCUT2D eigenvalue weighted by Crippen LogP contribution is 2.33. The van der Waals surface area contributed by atoms with Gasteiger partial charge < -0.3 is 13.9 Å².